The van der Waals surface area contributed by atoms with E-state index in [4.69, 9.17) is 5.73 Å². The maximum atomic E-state index is 14.1. The average Bonchev–Trinajstić information content (AvgIpc) is 2.70. The maximum absolute atomic E-state index is 14.1. The number of nitrogens with two attached hydrogens (primary N) is 1. The second-order valence-electron chi connectivity index (χ2n) is 5.37. The Morgan fingerprint density at radius 1 is 1.04 bits per heavy atom. The van der Waals surface area contributed by atoms with Crippen LogP contribution in [0.4, 0.5) is 13.2 Å². The quantitative estimate of drug-likeness (QED) is 0.770. The van der Waals surface area contributed by atoms with Crippen molar-refractivity contribution in [2.24, 2.45) is 12.8 Å². The normalized spacial score (nSPS) is 11.2. The molecular weight excluding hydrogens is 305 g/mol. The van der Waals surface area contributed by atoms with Gasteiger partial charge in [-0.1, -0.05) is 0 Å². The molecule has 2 aromatic carbocycles. The molecule has 0 unspecified atom stereocenters. The highest BCUT2D eigenvalue weighted by atomic mass is 19.1. The molecule has 0 saturated heterocycles. The molecule has 0 spiro atoms. The summed E-state index contributed by atoms with van der Waals surface area (Å²) in [6.07, 6.45) is 0. The maximum Gasteiger partial charge on any atom is 0.265 e. The first-order chi connectivity index (χ1) is 10.8. The van der Waals surface area contributed by atoms with Gasteiger partial charge in [-0.15, -0.1) is 0 Å². The summed E-state index contributed by atoms with van der Waals surface area (Å²) in [7, 11) is 1.60. The molecule has 0 saturated carbocycles. The largest absolute Gasteiger partial charge is 0.364 e. The van der Waals surface area contributed by atoms with Crippen molar-refractivity contribution in [1.29, 1.82) is 0 Å². The molecule has 6 heteroatoms. The number of rotatable bonds is 2. The number of carbonyl (C=O) groups is 1. The molecule has 0 aliphatic heterocycles. The van der Waals surface area contributed by atoms with Gasteiger partial charge >= 0.3 is 0 Å². The Bertz CT molecular complexity index is 960. The van der Waals surface area contributed by atoms with Crippen LogP contribution in [0, 0.1) is 24.4 Å². The smallest absolute Gasteiger partial charge is 0.265 e. The van der Waals surface area contributed by atoms with Crippen LogP contribution in [0.3, 0.4) is 0 Å². The van der Waals surface area contributed by atoms with Gasteiger partial charge in [0.2, 0.25) is 0 Å². The fourth-order valence-electron chi connectivity index (χ4n) is 3.00. The van der Waals surface area contributed by atoms with Gasteiger partial charge in [-0.3, -0.25) is 4.79 Å². The Balaban J connectivity index is 2.46. The summed E-state index contributed by atoms with van der Waals surface area (Å²) in [4.78, 5) is 11.6. The van der Waals surface area contributed by atoms with Crippen LogP contribution in [0.15, 0.2) is 30.3 Å². The standard InChI is InChI=1S/C17H13F3N2O/c1-8-12-5-10(19)6-13(11-4-3-9(18)7-14(11)20)16(12)22(2)15(8)17(21)23/h3-7H,1-2H3,(H2,21,23). The van der Waals surface area contributed by atoms with E-state index in [1.165, 1.54) is 16.7 Å². The number of fused-ring (bicyclic) bond motifs is 1. The summed E-state index contributed by atoms with van der Waals surface area (Å²) >= 11 is 0. The molecule has 1 aromatic heterocycles. The van der Waals surface area contributed by atoms with Crippen LogP contribution in [0.5, 0.6) is 0 Å². The van der Waals surface area contributed by atoms with Gasteiger partial charge in [0.15, 0.2) is 0 Å². The molecule has 0 atom stereocenters. The van der Waals surface area contributed by atoms with Crippen molar-refractivity contribution >= 4 is 16.8 Å². The lowest BCUT2D eigenvalue weighted by molar-refractivity contribution is 0.0992. The first-order valence-electron chi connectivity index (χ1n) is 6.85. The molecule has 0 bridgehead atoms. The van der Waals surface area contributed by atoms with E-state index in [1.807, 2.05) is 0 Å². The number of carbonyl (C=O) groups excluding carboxylic acids is 1. The summed E-state index contributed by atoms with van der Waals surface area (Å²) in [5, 5.41) is 0.458. The van der Waals surface area contributed by atoms with Crippen LogP contribution in [0.25, 0.3) is 22.0 Å². The SMILES string of the molecule is Cc1c(C(N)=O)n(C)c2c(-c3ccc(F)cc3F)cc(F)cc12. The summed E-state index contributed by atoms with van der Waals surface area (Å²) in [6.45, 7) is 1.65. The molecule has 3 nitrogen and oxygen atoms in total. The van der Waals surface area contributed by atoms with Crippen molar-refractivity contribution in [1.82, 2.24) is 4.57 Å². The fourth-order valence-corrected chi connectivity index (χ4v) is 3.00. The number of halogens is 3. The van der Waals surface area contributed by atoms with Gasteiger partial charge in [-0.05, 0) is 36.8 Å². The number of aromatic nitrogens is 1. The third-order valence-corrected chi connectivity index (χ3v) is 3.96. The van der Waals surface area contributed by atoms with Crippen molar-refractivity contribution < 1.29 is 18.0 Å². The molecule has 0 aliphatic rings. The predicted molar refractivity (Wildman–Crippen MR) is 81.5 cm³/mol. The molecule has 3 aromatic rings. The zero-order valence-electron chi connectivity index (χ0n) is 12.5. The first-order valence-corrected chi connectivity index (χ1v) is 6.85. The summed E-state index contributed by atoms with van der Waals surface area (Å²) in [5.41, 5.74) is 6.85. The number of amides is 1. The Morgan fingerprint density at radius 3 is 2.35 bits per heavy atom. The van der Waals surface area contributed by atoms with Crippen LogP contribution in [-0.2, 0) is 7.05 Å². The third kappa shape index (κ3) is 2.27. The summed E-state index contributed by atoms with van der Waals surface area (Å²) < 4.78 is 42.8. The van der Waals surface area contributed by atoms with Crippen molar-refractivity contribution in [3.05, 3.63) is 59.0 Å². The minimum atomic E-state index is -0.809. The van der Waals surface area contributed by atoms with Crippen LogP contribution in [0.1, 0.15) is 16.1 Å². The topological polar surface area (TPSA) is 48.0 Å². The van der Waals surface area contributed by atoms with E-state index in [1.54, 1.807) is 14.0 Å². The van der Waals surface area contributed by atoms with Gasteiger partial charge in [0.1, 0.15) is 23.1 Å². The molecule has 1 amide bonds. The van der Waals surface area contributed by atoms with Crippen molar-refractivity contribution in [3.63, 3.8) is 0 Å². The molecule has 118 valence electrons. The number of nitrogens with zero attached hydrogens (tertiary/aromatic N) is 1. The van der Waals surface area contributed by atoms with Crippen molar-refractivity contribution in [2.45, 2.75) is 6.92 Å². The lowest BCUT2D eigenvalue weighted by Crippen LogP contribution is -2.16. The van der Waals surface area contributed by atoms with Gasteiger partial charge in [0, 0.05) is 29.6 Å². The fraction of sp³-hybridized carbons (Fsp3) is 0.118. The van der Waals surface area contributed by atoms with Gasteiger partial charge in [-0.2, -0.15) is 0 Å². The van der Waals surface area contributed by atoms with E-state index in [0.717, 1.165) is 18.2 Å². The highest BCUT2D eigenvalue weighted by Gasteiger charge is 2.21. The molecule has 1 heterocycles. The van der Waals surface area contributed by atoms with E-state index in [-0.39, 0.29) is 16.8 Å². The van der Waals surface area contributed by atoms with E-state index < -0.39 is 23.4 Å². The zero-order chi connectivity index (χ0) is 16.9. The lowest BCUT2D eigenvalue weighted by Gasteiger charge is -2.09. The molecule has 0 fully saturated rings. The Labute approximate surface area is 130 Å². The molecule has 0 radical (unpaired) electrons. The lowest BCUT2D eigenvalue weighted by atomic mass is 10.0. The number of hydrogen-bond donors (Lipinski definition) is 1. The monoisotopic (exact) mass is 318 g/mol. The molecule has 2 N–H and O–H groups in total. The molecule has 3 rings (SSSR count). The molecule has 23 heavy (non-hydrogen) atoms. The average molecular weight is 318 g/mol. The Morgan fingerprint density at radius 2 is 1.74 bits per heavy atom. The van der Waals surface area contributed by atoms with Crippen molar-refractivity contribution in [3.8, 4) is 11.1 Å². The van der Waals surface area contributed by atoms with E-state index in [2.05, 4.69) is 0 Å². The number of aryl methyl sites for hydroxylation is 2. The van der Waals surface area contributed by atoms with Gasteiger partial charge in [-0.25, -0.2) is 13.2 Å². The van der Waals surface area contributed by atoms with E-state index >= 15 is 0 Å². The number of hydrogen-bond acceptors (Lipinski definition) is 1. The molecular formula is C17H13F3N2O. The van der Waals surface area contributed by atoms with Crippen LogP contribution < -0.4 is 5.73 Å². The Hall–Kier alpha value is -2.76. The number of benzene rings is 2. The van der Waals surface area contributed by atoms with Gasteiger partial charge < -0.3 is 10.3 Å². The van der Waals surface area contributed by atoms with Crippen LogP contribution in [0.2, 0.25) is 0 Å². The second kappa shape index (κ2) is 5.15. The highest BCUT2D eigenvalue weighted by molar-refractivity contribution is 6.05. The van der Waals surface area contributed by atoms with Crippen LogP contribution >= 0.6 is 0 Å². The number of primary amides is 1. The second-order valence-corrected chi connectivity index (χ2v) is 5.37. The summed E-state index contributed by atoms with van der Waals surface area (Å²) in [6, 6.07) is 5.49. The Kier molecular flexibility index (Phi) is 3.39. The zero-order valence-corrected chi connectivity index (χ0v) is 12.5. The van der Waals surface area contributed by atoms with Gasteiger partial charge in [0.05, 0.1) is 5.52 Å². The summed E-state index contributed by atoms with van der Waals surface area (Å²) in [5.74, 6) is -2.77. The highest BCUT2D eigenvalue weighted by Crippen LogP contribution is 2.35. The van der Waals surface area contributed by atoms with E-state index in [0.29, 0.717) is 16.5 Å². The van der Waals surface area contributed by atoms with Crippen LogP contribution in [-0.4, -0.2) is 10.5 Å². The minimum absolute atomic E-state index is 0.0486. The first kappa shape index (κ1) is 15.1. The minimum Gasteiger partial charge on any atom is -0.364 e. The predicted octanol–water partition coefficient (Wildman–Crippen LogP) is 3.67. The molecule has 0 aliphatic carbocycles. The van der Waals surface area contributed by atoms with Gasteiger partial charge in [0.25, 0.3) is 5.91 Å². The third-order valence-electron chi connectivity index (χ3n) is 3.96. The van der Waals surface area contributed by atoms with Crippen molar-refractivity contribution in [2.75, 3.05) is 0 Å². The van der Waals surface area contributed by atoms with E-state index in [9.17, 15) is 18.0 Å².